The largest absolute Gasteiger partial charge is 0.379 e. The first-order chi connectivity index (χ1) is 13.3. The van der Waals surface area contributed by atoms with Gasteiger partial charge in [0, 0.05) is 12.3 Å². The topological polar surface area (TPSA) is 47.6 Å². The van der Waals surface area contributed by atoms with Gasteiger partial charge in [0.15, 0.2) is 0 Å². The van der Waals surface area contributed by atoms with E-state index in [4.69, 9.17) is 9.47 Å². The molecular weight excluding hydrogens is 338 g/mol. The van der Waals surface area contributed by atoms with Crippen molar-refractivity contribution >= 4 is 22.4 Å². The Labute approximate surface area is 160 Å². The number of nitrogens with one attached hydrogen (secondary N) is 1. The van der Waals surface area contributed by atoms with E-state index < -0.39 is 0 Å². The molecule has 1 amide bonds. The van der Waals surface area contributed by atoms with Gasteiger partial charge in [0.25, 0.3) is 0 Å². The molecule has 3 aromatic carbocycles. The standard InChI is InChI=1S/C23H25NO3/c1-2-26-13-14-27-17-18-7-5-11-21(15-18)24-23(25)16-20-10-6-9-19-8-3-4-12-22(19)20/h3-12,15H,2,13-14,16-17H2,1H3,(H,24,25). The Bertz CT molecular complexity index is 886. The smallest absolute Gasteiger partial charge is 0.228 e. The summed E-state index contributed by atoms with van der Waals surface area (Å²) in [6.45, 7) is 4.32. The predicted molar refractivity (Wildman–Crippen MR) is 109 cm³/mol. The second kappa shape index (κ2) is 9.86. The molecule has 0 heterocycles. The van der Waals surface area contributed by atoms with Crippen LogP contribution in [-0.4, -0.2) is 25.7 Å². The van der Waals surface area contributed by atoms with Crippen LogP contribution in [0.15, 0.2) is 66.7 Å². The average molecular weight is 363 g/mol. The lowest BCUT2D eigenvalue weighted by Gasteiger charge is -2.10. The summed E-state index contributed by atoms with van der Waals surface area (Å²) >= 11 is 0. The quantitative estimate of drug-likeness (QED) is 0.566. The molecule has 0 aliphatic rings. The Balaban J connectivity index is 1.58. The Morgan fingerprint density at radius 3 is 2.59 bits per heavy atom. The molecule has 0 aliphatic carbocycles. The number of hydrogen-bond acceptors (Lipinski definition) is 3. The summed E-state index contributed by atoms with van der Waals surface area (Å²) in [5.41, 5.74) is 2.83. The normalized spacial score (nSPS) is 10.9. The van der Waals surface area contributed by atoms with Crippen molar-refractivity contribution in [1.82, 2.24) is 0 Å². The molecule has 27 heavy (non-hydrogen) atoms. The van der Waals surface area contributed by atoms with Gasteiger partial charge in [-0.3, -0.25) is 4.79 Å². The first-order valence-electron chi connectivity index (χ1n) is 9.27. The van der Waals surface area contributed by atoms with Crippen molar-refractivity contribution in [3.63, 3.8) is 0 Å². The number of ether oxygens (including phenoxy) is 2. The van der Waals surface area contributed by atoms with Crippen LogP contribution in [0.3, 0.4) is 0 Å². The molecule has 3 rings (SSSR count). The number of carbonyl (C=O) groups excluding carboxylic acids is 1. The third kappa shape index (κ3) is 5.64. The first kappa shape index (κ1) is 19.1. The van der Waals surface area contributed by atoms with Crippen molar-refractivity contribution in [3.8, 4) is 0 Å². The van der Waals surface area contributed by atoms with Gasteiger partial charge < -0.3 is 14.8 Å². The first-order valence-corrected chi connectivity index (χ1v) is 9.27. The number of hydrogen-bond donors (Lipinski definition) is 1. The molecular formula is C23H25NO3. The fraction of sp³-hybridized carbons (Fsp3) is 0.261. The van der Waals surface area contributed by atoms with Crippen molar-refractivity contribution in [2.75, 3.05) is 25.1 Å². The van der Waals surface area contributed by atoms with Crippen LogP contribution >= 0.6 is 0 Å². The second-order valence-corrected chi connectivity index (χ2v) is 6.31. The number of fused-ring (bicyclic) bond motifs is 1. The van der Waals surface area contributed by atoms with E-state index in [-0.39, 0.29) is 5.91 Å². The SMILES string of the molecule is CCOCCOCc1cccc(NC(=O)Cc2cccc3ccccc23)c1. The summed E-state index contributed by atoms with van der Waals surface area (Å²) in [5.74, 6) is -0.0271. The molecule has 3 aromatic rings. The van der Waals surface area contributed by atoms with Gasteiger partial charge in [-0.15, -0.1) is 0 Å². The predicted octanol–water partition coefficient (Wildman–Crippen LogP) is 4.57. The highest BCUT2D eigenvalue weighted by Gasteiger charge is 2.08. The van der Waals surface area contributed by atoms with Crippen LogP contribution in [0.25, 0.3) is 10.8 Å². The van der Waals surface area contributed by atoms with Crippen molar-refractivity contribution in [3.05, 3.63) is 77.9 Å². The number of rotatable bonds is 9. The highest BCUT2D eigenvalue weighted by molar-refractivity contribution is 5.96. The third-order valence-electron chi connectivity index (χ3n) is 4.29. The fourth-order valence-corrected chi connectivity index (χ4v) is 3.02. The minimum Gasteiger partial charge on any atom is -0.379 e. The van der Waals surface area contributed by atoms with Gasteiger partial charge in [0.05, 0.1) is 26.2 Å². The van der Waals surface area contributed by atoms with E-state index in [0.29, 0.717) is 32.8 Å². The van der Waals surface area contributed by atoms with Crippen LogP contribution in [0, 0.1) is 0 Å². The summed E-state index contributed by atoms with van der Waals surface area (Å²) in [4.78, 5) is 12.5. The van der Waals surface area contributed by atoms with Crippen LogP contribution in [0.4, 0.5) is 5.69 Å². The summed E-state index contributed by atoms with van der Waals surface area (Å²) in [6.07, 6.45) is 0.344. The van der Waals surface area contributed by atoms with Crippen LogP contribution < -0.4 is 5.32 Å². The number of anilines is 1. The van der Waals surface area contributed by atoms with E-state index in [1.165, 1.54) is 0 Å². The van der Waals surface area contributed by atoms with Crippen molar-refractivity contribution < 1.29 is 14.3 Å². The molecule has 0 fully saturated rings. The molecule has 140 valence electrons. The maximum absolute atomic E-state index is 12.5. The third-order valence-corrected chi connectivity index (χ3v) is 4.29. The molecule has 0 radical (unpaired) electrons. The van der Waals surface area contributed by atoms with E-state index in [2.05, 4.69) is 23.5 Å². The van der Waals surface area contributed by atoms with Crippen LogP contribution in [0.5, 0.6) is 0 Å². The van der Waals surface area contributed by atoms with E-state index in [0.717, 1.165) is 27.6 Å². The van der Waals surface area contributed by atoms with E-state index >= 15 is 0 Å². The number of amides is 1. The lowest BCUT2D eigenvalue weighted by molar-refractivity contribution is -0.115. The Kier molecular flexibility index (Phi) is 6.97. The van der Waals surface area contributed by atoms with Gasteiger partial charge in [0.2, 0.25) is 5.91 Å². The van der Waals surface area contributed by atoms with E-state index in [9.17, 15) is 4.79 Å². The Morgan fingerprint density at radius 2 is 1.70 bits per heavy atom. The lowest BCUT2D eigenvalue weighted by atomic mass is 10.0. The average Bonchev–Trinajstić information content (AvgIpc) is 2.68. The molecule has 0 atom stereocenters. The summed E-state index contributed by atoms with van der Waals surface area (Å²) in [6, 6.07) is 21.9. The lowest BCUT2D eigenvalue weighted by Crippen LogP contribution is -2.14. The van der Waals surface area contributed by atoms with Crippen LogP contribution in [0.1, 0.15) is 18.1 Å². The molecule has 0 aliphatic heterocycles. The van der Waals surface area contributed by atoms with Gasteiger partial charge in [0.1, 0.15) is 0 Å². The van der Waals surface area contributed by atoms with Crippen molar-refractivity contribution in [2.45, 2.75) is 20.0 Å². The highest BCUT2D eigenvalue weighted by Crippen LogP contribution is 2.19. The zero-order chi connectivity index (χ0) is 18.9. The highest BCUT2D eigenvalue weighted by atomic mass is 16.5. The molecule has 4 heteroatoms. The molecule has 0 saturated carbocycles. The van der Waals surface area contributed by atoms with Crippen LogP contribution in [-0.2, 0) is 27.3 Å². The number of benzene rings is 3. The second-order valence-electron chi connectivity index (χ2n) is 6.31. The van der Waals surface area contributed by atoms with Gasteiger partial charge in [-0.1, -0.05) is 54.6 Å². The Morgan fingerprint density at radius 1 is 0.926 bits per heavy atom. The molecule has 0 spiro atoms. The molecule has 0 saturated heterocycles. The summed E-state index contributed by atoms with van der Waals surface area (Å²) in [7, 11) is 0. The fourth-order valence-electron chi connectivity index (χ4n) is 3.02. The molecule has 0 aromatic heterocycles. The van der Waals surface area contributed by atoms with Crippen LogP contribution in [0.2, 0.25) is 0 Å². The van der Waals surface area contributed by atoms with Gasteiger partial charge in [-0.25, -0.2) is 0 Å². The minimum absolute atomic E-state index is 0.0271. The maximum Gasteiger partial charge on any atom is 0.228 e. The van der Waals surface area contributed by atoms with Gasteiger partial charge in [-0.2, -0.15) is 0 Å². The maximum atomic E-state index is 12.5. The number of carbonyl (C=O) groups is 1. The summed E-state index contributed by atoms with van der Waals surface area (Å²) < 4.78 is 10.8. The minimum atomic E-state index is -0.0271. The molecule has 4 nitrogen and oxygen atoms in total. The molecule has 1 N–H and O–H groups in total. The van der Waals surface area contributed by atoms with E-state index in [1.54, 1.807) is 0 Å². The van der Waals surface area contributed by atoms with Gasteiger partial charge >= 0.3 is 0 Å². The van der Waals surface area contributed by atoms with Crippen molar-refractivity contribution in [1.29, 1.82) is 0 Å². The van der Waals surface area contributed by atoms with Crippen molar-refractivity contribution in [2.24, 2.45) is 0 Å². The molecule has 0 unspecified atom stereocenters. The Hall–Kier alpha value is -2.69. The van der Waals surface area contributed by atoms with E-state index in [1.807, 2.05) is 55.5 Å². The van der Waals surface area contributed by atoms with Gasteiger partial charge in [-0.05, 0) is 41.0 Å². The molecule has 0 bridgehead atoms. The monoisotopic (exact) mass is 363 g/mol. The zero-order valence-corrected chi connectivity index (χ0v) is 15.6. The summed E-state index contributed by atoms with van der Waals surface area (Å²) in [5, 5.41) is 5.25. The zero-order valence-electron chi connectivity index (χ0n) is 15.6.